The van der Waals surface area contributed by atoms with E-state index in [9.17, 15) is 4.57 Å². The van der Waals surface area contributed by atoms with Crippen LogP contribution in [-0.2, 0) is 4.57 Å². The smallest absolute Gasteiger partial charge is 0.250 e. The van der Waals surface area contributed by atoms with E-state index in [-0.39, 0.29) is 0 Å². The Morgan fingerprint density at radius 3 is 1.47 bits per heavy atom. The molecule has 1 nitrogen and oxygen atoms in total. The van der Waals surface area contributed by atoms with E-state index in [1.807, 2.05) is 60.7 Å². The van der Waals surface area contributed by atoms with Gasteiger partial charge in [0.2, 0.25) is 4.75 Å². The quantitative estimate of drug-likeness (QED) is 0.584. The molecule has 88 valence electrons. The molecule has 0 aromatic heterocycles. The highest BCUT2D eigenvalue weighted by molar-refractivity contribution is 9.11. The highest BCUT2D eigenvalue weighted by atomic mass is 33.4. The van der Waals surface area contributed by atoms with Crippen molar-refractivity contribution in [2.24, 2.45) is 0 Å². The summed E-state index contributed by atoms with van der Waals surface area (Å²) in [7, 11) is 0. The molecule has 0 saturated carbocycles. The maximum absolute atomic E-state index is 12.3. The Balaban J connectivity index is 2.07. The molecular weight excluding hydrogens is 287 g/mol. The van der Waals surface area contributed by atoms with Crippen LogP contribution in [0.5, 0.6) is 0 Å². The molecule has 2 rings (SSSR count). The van der Waals surface area contributed by atoms with Crippen LogP contribution in [0.25, 0.3) is 0 Å². The zero-order valence-corrected chi connectivity index (χ0v) is 12.3. The third-order valence-electron chi connectivity index (χ3n) is 1.93. The number of hydrogen-bond acceptors (Lipinski definition) is 3. The van der Waals surface area contributed by atoms with Crippen LogP contribution in [0.3, 0.4) is 0 Å². The highest BCUT2D eigenvalue weighted by Crippen LogP contribution is 2.76. The second-order valence-corrected chi connectivity index (χ2v) is 13.7. The van der Waals surface area contributed by atoms with E-state index in [1.54, 1.807) is 0 Å². The van der Waals surface area contributed by atoms with E-state index in [2.05, 4.69) is 12.2 Å². The molecular formula is C12H11OPS3. The standard InChI is InChI=1S/C12H11OPS3/c13-14(15,16-11-7-3-1-4-8-11)17-12-9-5-2-6-10-12/h1-10H,(H,13,15). The zero-order chi connectivity index (χ0) is 12.1. The van der Waals surface area contributed by atoms with Crippen molar-refractivity contribution >= 4 is 39.8 Å². The predicted octanol–water partition coefficient (Wildman–Crippen LogP) is 5.61. The summed E-state index contributed by atoms with van der Waals surface area (Å²) in [4.78, 5) is 1.96. The maximum Gasteiger partial charge on any atom is 0.250 e. The predicted molar refractivity (Wildman–Crippen MR) is 81.2 cm³/mol. The van der Waals surface area contributed by atoms with E-state index in [0.29, 0.717) is 0 Å². The van der Waals surface area contributed by atoms with Crippen LogP contribution in [0.15, 0.2) is 70.5 Å². The van der Waals surface area contributed by atoms with Crippen molar-refractivity contribution in [2.75, 3.05) is 0 Å². The molecule has 0 aliphatic carbocycles. The van der Waals surface area contributed by atoms with Crippen LogP contribution in [0.4, 0.5) is 0 Å². The lowest BCUT2D eigenvalue weighted by Crippen LogP contribution is -1.69. The Morgan fingerprint density at radius 1 is 0.765 bits per heavy atom. The second kappa shape index (κ2) is 6.05. The molecule has 0 unspecified atom stereocenters. The summed E-state index contributed by atoms with van der Waals surface area (Å²) < 4.78 is 9.73. The average Bonchev–Trinajstić information content (AvgIpc) is 2.30. The van der Waals surface area contributed by atoms with E-state index < -0.39 is 4.75 Å². The monoisotopic (exact) mass is 298 g/mol. The van der Waals surface area contributed by atoms with Gasteiger partial charge in [0.25, 0.3) is 0 Å². The molecule has 0 N–H and O–H groups in total. The van der Waals surface area contributed by atoms with Gasteiger partial charge in [0.05, 0.1) is 0 Å². The normalized spacial score (nSPS) is 11.4. The van der Waals surface area contributed by atoms with Crippen LogP contribution in [0.2, 0.25) is 0 Å². The molecule has 0 spiro atoms. The average molecular weight is 298 g/mol. The summed E-state index contributed by atoms with van der Waals surface area (Å²) in [5.74, 6) is 0. The summed E-state index contributed by atoms with van der Waals surface area (Å²) >= 11 is 6.94. The van der Waals surface area contributed by atoms with Gasteiger partial charge in [0.1, 0.15) is 0 Å². The largest absolute Gasteiger partial charge is 0.288 e. The molecule has 0 radical (unpaired) electrons. The van der Waals surface area contributed by atoms with E-state index in [0.717, 1.165) is 9.79 Å². The van der Waals surface area contributed by atoms with Gasteiger partial charge in [-0.1, -0.05) is 48.6 Å². The Morgan fingerprint density at radius 2 is 1.12 bits per heavy atom. The molecule has 2 aromatic carbocycles. The molecule has 0 atom stereocenters. The lowest BCUT2D eigenvalue weighted by Gasteiger charge is -2.10. The third kappa shape index (κ3) is 4.47. The first-order valence-corrected chi connectivity index (χ1v) is 10.7. The van der Waals surface area contributed by atoms with Gasteiger partial charge in [-0.05, 0) is 47.0 Å². The lowest BCUT2D eigenvalue weighted by atomic mass is 10.4. The number of hydrogen-bond donors (Lipinski definition) is 1. The molecule has 2 aromatic rings. The molecule has 0 aliphatic rings. The molecule has 5 heteroatoms. The van der Waals surface area contributed by atoms with Crippen molar-refractivity contribution in [1.82, 2.24) is 0 Å². The zero-order valence-electron chi connectivity index (χ0n) is 8.89. The van der Waals surface area contributed by atoms with Crippen molar-refractivity contribution in [2.45, 2.75) is 9.79 Å². The lowest BCUT2D eigenvalue weighted by molar-refractivity contribution is 0.601. The fourth-order valence-electron chi connectivity index (χ4n) is 1.25. The third-order valence-corrected chi connectivity index (χ3v) is 8.82. The van der Waals surface area contributed by atoms with Gasteiger partial charge < -0.3 is 0 Å². The summed E-state index contributed by atoms with van der Waals surface area (Å²) in [5, 5.41) is 0. The van der Waals surface area contributed by atoms with E-state index >= 15 is 0 Å². The van der Waals surface area contributed by atoms with Gasteiger partial charge in [-0.3, -0.25) is 4.57 Å². The summed E-state index contributed by atoms with van der Waals surface area (Å²) in [5.41, 5.74) is 0. The number of thiol groups is 1. The van der Waals surface area contributed by atoms with Gasteiger partial charge in [-0.2, -0.15) is 0 Å². The minimum Gasteiger partial charge on any atom is -0.288 e. The van der Waals surface area contributed by atoms with Crippen LogP contribution < -0.4 is 0 Å². The SMILES string of the molecule is O=P(S)(Sc1ccccc1)Sc1ccccc1. The molecule has 0 aliphatic heterocycles. The minimum atomic E-state index is -2.61. The van der Waals surface area contributed by atoms with Crippen LogP contribution >= 0.6 is 39.8 Å². The number of rotatable bonds is 4. The summed E-state index contributed by atoms with van der Waals surface area (Å²) in [6, 6.07) is 19.4. The van der Waals surface area contributed by atoms with E-state index in [4.69, 9.17) is 0 Å². The van der Waals surface area contributed by atoms with Crippen LogP contribution in [-0.4, -0.2) is 0 Å². The molecule has 17 heavy (non-hydrogen) atoms. The van der Waals surface area contributed by atoms with Crippen LogP contribution in [0.1, 0.15) is 0 Å². The Hall–Kier alpha value is -0.280. The summed E-state index contributed by atoms with van der Waals surface area (Å²) in [6.45, 7) is 0. The first-order chi connectivity index (χ1) is 8.16. The highest BCUT2D eigenvalue weighted by Gasteiger charge is 2.20. The maximum atomic E-state index is 12.3. The Kier molecular flexibility index (Phi) is 4.69. The van der Waals surface area contributed by atoms with Gasteiger partial charge in [-0.15, -0.1) is 0 Å². The van der Waals surface area contributed by atoms with Gasteiger partial charge >= 0.3 is 0 Å². The molecule has 0 bridgehead atoms. The Labute approximate surface area is 114 Å². The van der Waals surface area contributed by atoms with Crippen molar-refractivity contribution in [3.63, 3.8) is 0 Å². The van der Waals surface area contributed by atoms with Crippen molar-refractivity contribution < 1.29 is 4.57 Å². The topological polar surface area (TPSA) is 17.1 Å². The second-order valence-electron chi connectivity index (χ2n) is 3.28. The first-order valence-electron chi connectivity index (χ1n) is 4.98. The first kappa shape index (κ1) is 13.2. The molecule has 0 heterocycles. The molecule has 0 fully saturated rings. The van der Waals surface area contributed by atoms with E-state index in [1.165, 1.54) is 22.8 Å². The van der Waals surface area contributed by atoms with Gasteiger partial charge in [0, 0.05) is 9.79 Å². The fraction of sp³-hybridized carbons (Fsp3) is 0. The van der Waals surface area contributed by atoms with Crippen molar-refractivity contribution in [3.05, 3.63) is 60.7 Å². The number of benzene rings is 2. The minimum absolute atomic E-state index is 0.981. The molecule has 0 saturated heterocycles. The van der Waals surface area contributed by atoms with Gasteiger partial charge in [0.15, 0.2) is 0 Å². The summed E-state index contributed by atoms with van der Waals surface area (Å²) in [6.07, 6.45) is 0. The van der Waals surface area contributed by atoms with Crippen molar-refractivity contribution in [3.8, 4) is 0 Å². The van der Waals surface area contributed by atoms with Crippen LogP contribution in [0, 0.1) is 0 Å². The Bertz CT molecular complexity index is 470. The fourth-order valence-corrected chi connectivity index (χ4v) is 8.40. The molecule has 0 amide bonds. The van der Waals surface area contributed by atoms with Crippen molar-refractivity contribution in [1.29, 1.82) is 0 Å². The van der Waals surface area contributed by atoms with Gasteiger partial charge in [-0.25, -0.2) is 0 Å².